The second-order valence-electron chi connectivity index (χ2n) is 42.1. The van der Waals surface area contributed by atoms with Crippen molar-refractivity contribution in [1.29, 1.82) is 0 Å². The molecule has 4 aromatic heterocycles. The van der Waals surface area contributed by atoms with E-state index in [4.69, 9.17) is 17.7 Å². The Kier molecular flexibility index (Phi) is 19.1. The third-order valence-electron chi connectivity index (χ3n) is 30.3. The maximum absolute atomic E-state index is 6.24. The van der Waals surface area contributed by atoms with Crippen LogP contribution >= 0.6 is 0 Å². The van der Waals surface area contributed by atoms with Crippen LogP contribution in [-0.2, 0) is 16.2 Å². The summed E-state index contributed by atoms with van der Waals surface area (Å²) in [6.07, 6.45) is 0. The summed E-state index contributed by atoms with van der Waals surface area (Å²) < 4.78 is 24.6. The first kappa shape index (κ1) is 84.1. The second-order valence-corrected chi connectivity index (χ2v) is 42.1. The summed E-state index contributed by atoms with van der Waals surface area (Å²) in [6, 6.07) is 158. The first-order chi connectivity index (χ1) is 69.2. The molecule has 0 saturated heterocycles. The van der Waals surface area contributed by atoms with Crippen LogP contribution in [0.5, 0.6) is 0 Å². The zero-order chi connectivity index (χ0) is 95.3. The summed E-state index contributed by atoms with van der Waals surface area (Å²) >= 11 is 0. The van der Waals surface area contributed by atoms with Gasteiger partial charge in [0, 0.05) is 43.1 Å². The van der Waals surface area contributed by atoms with Crippen molar-refractivity contribution in [2.75, 3.05) is 0 Å². The topological polar surface area (TPSA) is 52.6 Å². The lowest BCUT2D eigenvalue weighted by Gasteiger charge is -2.23. The van der Waals surface area contributed by atoms with E-state index in [9.17, 15) is 0 Å². The quantitative estimate of drug-likeness (QED) is 0.135. The molecule has 674 valence electrons. The van der Waals surface area contributed by atoms with Crippen molar-refractivity contribution < 1.29 is 17.7 Å². The summed E-state index contributed by atoms with van der Waals surface area (Å²) in [6.45, 7) is 20.7. The fourth-order valence-corrected chi connectivity index (χ4v) is 22.9. The lowest BCUT2D eigenvalue weighted by molar-refractivity contribution is 0.591. The lowest BCUT2D eigenvalue weighted by Crippen LogP contribution is -2.10. The molecular weight excluding hydrogens is 1720 g/mol. The van der Waals surface area contributed by atoms with Gasteiger partial charge < -0.3 is 17.7 Å². The molecule has 4 heterocycles. The summed E-state index contributed by atoms with van der Waals surface area (Å²) in [7, 11) is 0. The van der Waals surface area contributed by atoms with Gasteiger partial charge in [-0.15, -0.1) is 0 Å². The van der Waals surface area contributed by atoms with Gasteiger partial charge in [-0.1, -0.05) is 402 Å². The van der Waals surface area contributed by atoms with Crippen LogP contribution in [0.25, 0.3) is 285 Å². The van der Waals surface area contributed by atoms with Crippen molar-refractivity contribution in [3.8, 4) is 100 Å². The van der Waals surface area contributed by atoms with Gasteiger partial charge >= 0.3 is 0 Å². The van der Waals surface area contributed by atoms with Gasteiger partial charge in [-0.25, -0.2) is 0 Å². The third-order valence-corrected chi connectivity index (χ3v) is 30.3. The van der Waals surface area contributed by atoms with Gasteiger partial charge in [0.25, 0.3) is 0 Å². The Morgan fingerprint density at radius 1 is 0.127 bits per heavy atom. The van der Waals surface area contributed by atoms with Crippen LogP contribution in [-0.4, -0.2) is 0 Å². The van der Waals surface area contributed by atoms with Crippen LogP contribution in [0.1, 0.15) is 79.0 Å². The van der Waals surface area contributed by atoms with Crippen LogP contribution in [0, 0.1) is 0 Å². The van der Waals surface area contributed by atoms with Gasteiger partial charge in [-0.2, -0.15) is 0 Å². The minimum Gasteiger partial charge on any atom is -0.456 e. The number of benzene rings is 25. The lowest BCUT2D eigenvalue weighted by atomic mass is 9.81. The van der Waals surface area contributed by atoms with E-state index in [-0.39, 0.29) is 16.2 Å². The Morgan fingerprint density at radius 2 is 0.331 bits per heavy atom. The van der Waals surface area contributed by atoms with Gasteiger partial charge in [0.1, 0.15) is 44.7 Å². The Labute approximate surface area is 822 Å². The smallest absolute Gasteiger partial charge is 0.136 e. The molecule has 0 aliphatic rings. The molecular formula is C138H98O4. The minimum absolute atomic E-state index is 0.0561. The van der Waals surface area contributed by atoms with Gasteiger partial charge in [0.2, 0.25) is 0 Å². The summed E-state index contributed by atoms with van der Waals surface area (Å²) in [5.41, 5.74) is 33.6. The van der Waals surface area contributed by atoms with Crippen molar-refractivity contribution in [3.05, 3.63) is 447 Å². The highest BCUT2D eigenvalue weighted by Crippen LogP contribution is 2.52. The summed E-state index contributed by atoms with van der Waals surface area (Å²) in [5, 5.41) is 32.8. The first-order valence-electron chi connectivity index (χ1n) is 49.6. The number of furan rings is 4. The van der Waals surface area contributed by atoms with Gasteiger partial charge in [0.15, 0.2) is 0 Å². The first-order valence-corrected chi connectivity index (χ1v) is 49.6. The van der Waals surface area contributed by atoms with E-state index in [1.54, 1.807) is 0 Å². The Morgan fingerprint density at radius 3 is 0.634 bits per heavy atom. The average Bonchev–Trinajstić information content (AvgIpc) is 1.35. The van der Waals surface area contributed by atoms with Gasteiger partial charge in [0.05, 0.1) is 0 Å². The number of hydrogen-bond donors (Lipinski definition) is 0. The minimum atomic E-state index is 0.0561. The maximum Gasteiger partial charge on any atom is 0.136 e. The van der Waals surface area contributed by atoms with Crippen LogP contribution < -0.4 is 0 Å². The highest BCUT2D eigenvalue weighted by Gasteiger charge is 2.28. The fourth-order valence-electron chi connectivity index (χ4n) is 22.9. The predicted molar refractivity (Wildman–Crippen MR) is 605 cm³/mol. The largest absolute Gasteiger partial charge is 0.456 e. The molecule has 0 spiro atoms. The van der Waals surface area contributed by atoms with Crippen LogP contribution in [0.4, 0.5) is 0 Å². The molecule has 25 aromatic carbocycles. The Hall–Kier alpha value is -17.2. The highest BCUT2D eigenvalue weighted by molar-refractivity contribution is 6.32. The molecule has 0 saturated carbocycles. The van der Waals surface area contributed by atoms with E-state index in [0.29, 0.717) is 0 Å². The van der Waals surface area contributed by atoms with Crippen molar-refractivity contribution in [2.45, 2.75) is 78.6 Å². The third kappa shape index (κ3) is 14.0. The van der Waals surface area contributed by atoms with Gasteiger partial charge in [-0.3, -0.25) is 0 Å². The second kappa shape index (κ2) is 32.2. The highest BCUT2D eigenvalue weighted by atomic mass is 16.3. The van der Waals surface area contributed by atoms with E-state index in [1.807, 2.05) is 48.5 Å². The van der Waals surface area contributed by atoms with Crippen molar-refractivity contribution in [1.82, 2.24) is 0 Å². The monoisotopic (exact) mass is 1820 g/mol. The Bertz CT molecular complexity index is 10100. The SMILES string of the molecule is CC(C)(C)c1cc2ccc3c(-c4ccc(-c5ccc6oc7ccccc7c6c5)cc4)cc(-c4ccc5oc6ccccc6c5c4)c4ccc(c1)c2c34.CC(C)(C)c1cc2ccc3c(-c4ccccc4)cc(-c4ccc(-c5ccc6c(c5)oc5ccccc56)cc4)c4ccc(c1)c2c34.CC(C)(C)c1cc2ccc3c(-c4ccccc4)cc(-c4ccc(-c5ccc6oc7ccccc7c6c5)cc4)c4ccc(c1)c2c34. The van der Waals surface area contributed by atoms with Crippen molar-refractivity contribution in [3.63, 3.8) is 0 Å². The molecule has 4 heteroatoms. The molecule has 0 unspecified atom stereocenters. The molecule has 142 heavy (non-hydrogen) atoms. The molecule has 0 amide bonds. The molecule has 29 aromatic rings. The van der Waals surface area contributed by atoms with E-state index in [1.165, 1.54) is 208 Å². The van der Waals surface area contributed by atoms with Crippen LogP contribution in [0.2, 0.25) is 0 Å². The fraction of sp³-hybridized carbons (Fsp3) is 0.0870. The number of para-hydroxylation sites is 4. The molecule has 0 aliphatic carbocycles. The van der Waals surface area contributed by atoms with E-state index < -0.39 is 0 Å². The zero-order valence-electron chi connectivity index (χ0n) is 80.6. The molecule has 0 fully saturated rings. The maximum atomic E-state index is 6.24. The molecule has 0 atom stereocenters. The van der Waals surface area contributed by atoms with Crippen molar-refractivity contribution in [2.24, 2.45) is 0 Å². The molecule has 0 N–H and O–H groups in total. The summed E-state index contributed by atoms with van der Waals surface area (Å²) in [4.78, 5) is 0. The van der Waals surface area contributed by atoms with Crippen LogP contribution in [0.15, 0.2) is 448 Å². The number of rotatable bonds is 9. The predicted octanol–water partition coefficient (Wildman–Crippen LogP) is 40.2. The van der Waals surface area contributed by atoms with Crippen LogP contribution in [0.3, 0.4) is 0 Å². The zero-order valence-corrected chi connectivity index (χ0v) is 80.6. The number of fused-ring (bicyclic) bond motifs is 12. The van der Waals surface area contributed by atoms with E-state index in [0.717, 1.165) is 93.3 Å². The van der Waals surface area contributed by atoms with Crippen molar-refractivity contribution >= 4 is 185 Å². The standard InChI is InChI=1S/C50H34O2.2C44H32O/c1-50(2,3)35-24-33-16-20-38-40(30-14-12-29(13-15-30)31-18-22-46-42(26-31)36-8-4-6-10-44(36)51-46)28-41(39-21-17-34(25-35)48(33)49(38)39)32-19-23-47-43(27-32)37-9-5-7-11-45(37)52-47;1-44(2,3)33-23-31-17-20-35-37(28-9-5-4-6-10-28)26-38(36-21-18-32(24-33)42(31)43(35)36)29-15-13-27(14-16-29)30-19-22-41-39(25-30)34-11-7-8-12-40(34)45-41;1-44(2,3)33-23-31-18-21-36-38(28-9-5-4-6-10-28)26-39(37-22-19-32(24-33)42(31)43(36)37)29-15-13-27(14-16-29)30-17-20-35-34-11-7-8-12-40(34)45-41(35)25-30/h4-28H,1-3H3;2*4-26H,1-3H3. The molecule has 29 rings (SSSR count). The average molecular weight is 1820 g/mol. The number of hydrogen-bond acceptors (Lipinski definition) is 4. The molecule has 4 nitrogen and oxygen atoms in total. The molecule has 0 aliphatic heterocycles. The molecule has 0 bridgehead atoms. The summed E-state index contributed by atoms with van der Waals surface area (Å²) in [5.74, 6) is 0. The Balaban J connectivity index is 0.000000107. The normalized spacial score (nSPS) is 12.4. The molecule has 0 radical (unpaired) electrons. The van der Waals surface area contributed by atoms with Gasteiger partial charge in [-0.05, 0) is 321 Å². The van der Waals surface area contributed by atoms with E-state index >= 15 is 0 Å². The van der Waals surface area contributed by atoms with E-state index in [2.05, 4.69) is 444 Å².